The Labute approximate surface area is 161 Å². The highest BCUT2D eigenvalue weighted by molar-refractivity contribution is 6.33. The number of rotatable bonds is 3. The van der Waals surface area contributed by atoms with Gasteiger partial charge in [-0.3, -0.25) is 9.59 Å². The summed E-state index contributed by atoms with van der Waals surface area (Å²) in [5.41, 5.74) is 2.81. The molecule has 2 heterocycles. The topological polar surface area (TPSA) is 78.1 Å². The molecule has 0 aliphatic carbocycles. The first kappa shape index (κ1) is 17.5. The molecule has 1 saturated heterocycles. The molecule has 0 unspecified atom stereocenters. The summed E-state index contributed by atoms with van der Waals surface area (Å²) in [7, 11) is 0. The maximum absolute atomic E-state index is 12.7. The van der Waals surface area contributed by atoms with Crippen LogP contribution in [0, 0.1) is 0 Å². The van der Waals surface area contributed by atoms with Crippen LogP contribution in [-0.4, -0.2) is 45.8 Å². The van der Waals surface area contributed by atoms with Crippen LogP contribution in [0.2, 0.25) is 5.02 Å². The zero-order valence-electron chi connectivity index (χ0n) is 14.6. The minimum Gasteiger partial charge on any atom is -0.349 e. The molecule has 0 bridgehead atoms. The third-order valence-corrected chi connectivity index (χ3v) is 5.23. The number of imidazole rings is 1. The molecular formula is C20H19ClN4O2. The van der Waals surface area contributed by atoms with Crippen LogP contribution in [0.25, 0.3) is 11.0 Å². The van der Waals surface area contributed by atoms with E-state index in [4.69, 9.17) is 11.6 Å². The number of hydrogen-bond donors (Lipinski definition) is 2. The van der Waals surface area contributed by atoms with Gasteiger partial charge < -0.3 is 15.2 Å². The van der Waals surface area contributed by atoms with Crippen LogP contribution in [0.1, 0.15) is 33.6 Å². The van der Waals surface area contributed by atoms with E-state index in [2.05, 4.69) is 15.3 Å². The summed E-state index contributed by atoms with van der Waals surface area (Å²) in [5.74, 6) is -0.169. The second-order valence-electron chi connectivity index (χ2n) is 6.65. The number of carbonyl (C=O) groups is 2. The minimum atomic E-state index is -0.171. The van der Waals surface area contributed by atoms with Crippen LogP contribution in [-0.2, 0) is 0 Å². The normalized spacial score (nSPS) is 15.1. The van der Waals surface area contributed by atoms with Crippen molar-refractivity contribution in [1.29, 1.82) is 0 Å². The predicted molar refractivity (Wildman–Crippen MR) is 104 cm³/mol. The molecule has 6 nitrogen and oxygen atoms in total. The molecule has 1 aliphatic rings. The smallest absolute Gasteiger partial charge is 0.253 e. The predicted octanol–water partition coefficient (Wildman–Crippen LogP) is 3.25. The second kappa shape index (κ2) is 7.40. The van der Waals surface area contributed by atoms with Gasteiger partial charge in [-0.2, -0.15) is 0 Å². The number of aromatic amines is 1. The van der Waals surface area contributed by atoms with Crippen molar-refractivity contribution in [3.05, 3.63) is 64.9 Å². The molecule has 0 atom stereocenters. The van der Waals surface area contributed by atoms with Crippen LogP contribution in [0.4, 0.5) is 0 Å². The molecule has 1 aliphatic heterocycles. The van der Waals surface area contributed by atoms with Gasteiger partial charge in [0.1, 0.15) is 0 Å². The highest BCUT2D eigenvalue weighted by Crippen LogP contribution is 2.19. The number of likely N-dealkylation sites (tertiary alicyclic amines) is 1. The number of halogens is 1. The van der Waals surface area contributed by atoms with E-state index < -0.39 is 0 Å². The molecule has 2 aromatic carbocycles. The standard InChI is InChI=1S/C20H19ClN4O2/c21-16-4-2-1-3-15(16)19(26)24-14-7-9-25(10-8-14)20(27)13-5-6-17-18(11-13)23-12-22-17/h1-6,11-12,14H,7-10H2,(H,22,23)(H,24,26). The van der Waals surface area contributed by atoms with E-state index >= 15 is 0 Å². The molecule has 3 aromatic rings. The molecule has 2 amide bonds. The zero-order valence-corrected chi connectivity index (χ0v) is 15.4. The van der Waals surface area contributed by atoms with Crippen molar-refractivity contribution in [2.75, 3.05) is 13.1 Å². The van der Waals surface area contributed by atoms with E-state index in [0.29, 0.717) is 42.1 Å². The fourth-order valence-corrected chi connectivity index (χ4v) is 3.61. The molecule has 1 fully saturated rings. The van der Waals surface area contributed by atoms with Gasteiger partial charge in [-0.1, -0.05) is 23.7 Å². The Balaban J connectivity index is 1.36. The van der Waals surface area contributed by atoms with Gasteiger partial charge in [0, 0.05) is 24.7 Å². The first-order chi connectivity index (χ1) is 13.1. The van der Waals surface area contributed by atoms with Crippen molar-refractivity contribution in [2.24, 2.45) is 0 Å². The average molecular weight is 383 g/mol. The number of hydrogen-bond acceptors (Lipinski definition) is 3. The van der Waals surface area contributed by atoms with Crippen molar-refractivity contribution in [2.45, 2.75) is 18.9 Å². The molecule has 0 spiro atoms. The molecule has 1 aromatic heterocycles. The molecule has 0 saturated carbocycles. The summed E-state index contributed by atoms with van der Waals surface area (Å²) in [5, 5.41) is 3.46. The van der Waals surface area contributed by atoms with Crippen molar-refractivity contribution in [1.82, 2.24) is 20.2 Å². The van der Waals surface area contributed by atoms with Gasteiger partial charge in [-0.25, -0.2) is 4.98 Å². The SMILES string of the molecule is O=C(NC1CCN(C(=O)c2ccc3nc[nH]c3c2)CC1)c1ccccc1Cl. The van der Waals surface area contributed by atoms with Crippen LogP contribution in [0.5, 0.6) is 0 Å². The van der Waals surface area contributed by atoms with Crippen molar-refractivity contribution in [3.8, 4) is 0 Å². The van der Waals surface area contributed by atoms with Crippen LogP contribution in [0.3, 0.4) is 0 Å². The number of nitrogens with one attached hydrogen (secondary N) is 2. The Morgan fingerprint density at radius 1 is 1.15 bits per heavy atom. The Bertz CT molecular complexity index is 992. The van der Waals surface area contributed by atoms with E-state index in [9.17, 15) is 9.59 Å². The third-order valence-electron chi connectivity index (χ3n) is 4.90. The molecule has 2 N–H and O–H groups in total. The Morgan fingerprint density at radius 3 is 2.70 bits per heavy atom. The lowest BCUT2D eigenvalue weighted by atomic mass is 10.0. The molecule has 27 heavy (non-hydrogen) atoms. The number of aromatic nitrogens is 2. The fraction of sp³-hybridized carbons (Fsp3) is 0.250. The zero-order chi connectivity index (χ0) is 18.8. The van der Waals surface area contributed by atoms with Gasteiger partial charge in [-0.05, 0) is 43.2 Å². The van der Waals surface area contributed by atoms with Crippen LogP contribution >= 0.6 is 11.6 Å². The summed E-state index contributed by atoms with van der Waals surface area (Å²) in [6, 6.07) is 12.5. The first-order valence-corrected chi connectivity index (χ1v) is 9.27. The number of piperidine rings is 1. The number of benzene rings is 2. The van der Waals surface area contributed by atoms with E-state index in [0.717, 1.165) is 11.0 Å². The van der Waals surface area contributed by atoms with Gasteiger partial charge in [0.15, 0.2) is 0 Å². The average Bonchev–Trinajstić information content (AvgIpc) is 3.16. The van der Waals surface area contributed by atoms with Crippen molar-refractivity contribution < 1.29 is 9.59 Å². The lowest BCUT2D eigenvalue weighted by Gasteiger charge is -2.32. The minimum absolute atomic E-state index is 0.00220. The Morgan fingerprint density at radius 2 is 1.93 bits per heavy atom. The number of H-pyrrole nitrogens is 1. The lowest BCUT2D eigenvalue weighted by molar-refractivity contribution is 0.0698. The van der Waals surface area contributed by atoms with Gasteiger partial charge in [0.2, 0.25) is 0 Å². The van der Waals surface area contributed by atoms with Gasteiger partial charge in [0.05, 0.1) is 27.9 Å². The van der Waals surface area contributed by atoms with E-state index in [-0.39, 0.29) is 17.9 Å². The second-order valence-corrected chi connectivity index (χ2v) is 7.06. The molecular weight excluding hydrogens is 364 g/mol. The number of fused-ring (bicyclic) bond motifs is 1. The summed E-state index contributed by atoms with van der Waals surface area (Å²) in [6.07, 6.45) is 3.05. The Hall–Kier alpha value is -2.86. The fourth-order valence-electron chi connectivity index (χ4n) is 3.39. The monoisotopic (exact) mass is 382 g/mol. The summed E-state index contributed by atoms with van der Waals surface area (Å²) < 4.78 is 0. The summed E-state index contributed by atoms with van der Waals surface area (Å²) in [6.45, 7) is 1.21. The molecule has 138 valence electrons. The maximum atomic E-state index is 12.7. The largest absolute Gasteiger partial charge is 0.349 e. The molecule has 7 heteroatoms. The number of nitrogens with zero attached hydrogens (tertiary/aromatic N) is 2. The van der Waals surface area contributed by atoms with Gasteiger partial charge in [-0.15, -0.1) is 0 Å². The van der Waals surface area contributed by atoms with Crippen molar-refractivity contribution in [3.63, 3.8) is 0 Å². The maximum Gasteiger partial charge on any atom is 0.253 e. The van der Waals surface area contributed by atoms with Crippen LogP contribution < -0.4 is 5.32 Å². The third kappa shape index (κ3) is 3.66. The number of amides is 2. The highest BCUT2D eigenvalue weighted by atomic mass is 35.5. The molecule has 4 rings (SSSR count). The van der Waals surface area contributed by atoms with Gasteiger partial charge in [0.25, 0.3) is 11.8 Å². The van der Waals surface area contributed by atoms with E-state index in [1.54, 1.807) is 36.7 Å². The van der Waals surface area contributed by atoms with E-state index in [1.807, 2.05) is 17.0 Å². The molecule has 0 radical (unpaired) electrons. The quantitative estimate of drug-likeness (QED) is 0.729. The lowest BCUT2D eigenvalue weighted by Crippen LogP contribution is -2.46. The van der Waals surface area contributed by atoms with Crippen molar-refractivity contribution >= 4 is 34.4 Å². The number of carbonyl (C=O) groups excluding carboxylic acids is 2. The highest BCUT2D eigenvalue weighted by Gasteiger charge is 2.25. The van der Waals surface area contributed by atoms with E-state index in [1.165, 1.54) is 0 Å². The van der Waals surface area contributed by atoms with Crippen LogP contribution in [0.15, 0.2) is 48.8 Å². The Kier molecular flexibility index (Phi) is 4.81. The summed E-state index contributed by atoms with van der Waals surface area (Å²) >= 11 is 6.08. The first-order valence-electron chi connectivity index (χ1n) is 8.89. The summed E-state index contributed by atoms with van der Waals surface area (Å²) in [4.78, 5) is 34.2. The van der Waals surface area contributed by atoms with Gasteiger partial charge >= 0.3 is 0 Å².